The van der Waals surface area contributed by atoms with Gasteiger partial charge >= 0.3 is 0 Å². The number of carbonyl (C=O) groups excluding carboxylic acids is 1. The Bertz CT molecular complexity index is 801. The second-order valence-electron chi connectivity index (χ2n) is 6.88. The maximum Gasteiger partial charge on any atom is 0.253 e. The minimum atomic E-state index is -0.00872. The van der Waals surface area contributed by atoms with Gasteiger partial charge < -0.3 is 20.1 Å². The van der Waals surface area contributed by atoms with Gasteiger partial charge in [0.25, 0.3) is 5.91 Å². The van der Waals surface area contributed by atoms with Crippen molar-refractivity contribution in [3.05, 3.63) is 59.2 Å². The van der Waals surface area contributed by atoms with Crippen LogP contribution in [0.1, 0.15) is 40.7 Å². The van der Waals surface area contributed by atoms with E-state index in [0.717, 1.165) is 36.3 Å². The Hall–Kier alpha value is -3.02. The van der Waals surface area contributed by atoms with Gasteiger partial charge in [-0.1, -0.05) is 0 Å². The fraction of sp³-hybridized carbons (Fsp3) is 0.364. The van der Waals surface area contributed by atoms with Crippen LogP contribution in [0.3, 0.4) is 0 Å². The van der Waals surface area contributed by atoms with E-state index < -0.39 is 0 Å². The summed E-state index contributed by atoms with van der Waals surface area (Å²) >= 11 is 0. The zero-order valence-corrected chi connectivity index (χ0v) is 16.8. The van der Waals surface area contributed by atoms with Gasteiger partial charge in [0.2, 0.25) is 0 Å². The molecular formula is C22H29N3O3. The van der Waals surface area contributed by atoms with Crippen LogP contribution in [0.4, 0.5) is 0 Å². The van der Waals surface area contributed by atoms with Crippen LogP contribution >= 0.6 is 0 Å². The van der Waals surface area contributed by atoms with Crippen LogP contribution < -0.4 is 15.2 Å². The molecule has 0 atom stereocenters. The zero-order valence-electron chi connectivity index (χ0n) is 16.8. The zero-order chi connectivity index (χ0) is 20.5. The van der Waals surface area contributed by atoms with Crippen LogP contribution in [0.2, 0.25) is 0 Å². The molecule has 6 nitrogen and oxygen atoms in total. The molecule has 2 rings (SSSR count). The number of ether oxygens (including phenoxy) is 2. The highest BCUT2D eigenvalue weighted by Gasteiger charge is 2.10. The molecule has 0 bridgehead atoms. The lowest BCUT2D eigenvalue weighted by Crippen LogP contribution is -2.21. The predicted octanol–water partition coefficient (Wildman–Crippen LogP) is 3.61. The molecule has 3 N–H and O–H groups in total. The van der Waals surface area contributed by atoms with Gasteiger partial charge in [-0.05, 0) is 74.2 Å². The smallest absolute Gasteiger partial charge is 0.253 e. The van der Waals surface area contributed by atoms with Crippen LogP contribution in [0.15, 0.2) is 42.5 Å². The SMILES string of the molecule is Cc1cc(C(=O)N(C)C)ccc1OCCCCCOc1ccc(C(=N)N)cc1. The largest absolute Gasteiger partial charge is 0.494 e. The van der Waals surface area contributed by atoms with Crippen LogP contribution in [0.25, 0.3) is 0 Å². The summed E-state index contributed by atoms with van der Waals surface area (Å²) in [7, 11) is 3.49. The van der Waals surface area contributed by atoms with Crippen LogP contribution in [0.5, 0.6) is 11.5 Å². The molecule has 0 aliphatic rings. The standard InChI is InChI=1S/C22H29N3O3/c1-16-15-18(22(26)25(2)3)9-12-20(16)28-14-6-4-5-13-27-19-10-7-17(8-11-19)21(23)24/h7-12,15H,4-6,13-14H2,1-3H3,(H3,23,24). The Balaban J connectivity index is 1.65. The summed E-state index contributed by atoms with van der Waals surface area (Å²) in [4.78, 5) is 13.5. The van der Waals surface area contributed by atoms with Crippen molar-refractivity contribution in [2.24, 2.45) is 5.73 Å². The van der Waals surface area contributed by atoms with E-state index in [2.05, 4.69) is 0 Å². The van der Waals surface area contributed by atoms with Crippen molar-refractivity contribution < 1.29 is 14.3 Å². The van der Waals surface area contributed by atoms with Gasteiger partial charge in [-0.15, -0.1) is 0 Å². The van der Waals surface area contributed by atoms with E-state index in [1.807, 2.05) is 31.2 Å². The first kappa shape index (κ1) is 21.3. The number of benzene rings is 2. The number of hydrogen-bond acceptors (Lipinski definition) is 4. The normalized spacial score (nSPS) is 10.4. The molecule has 0 spiro atoms. The van der Waals surface area contributed by atoms with E-state index in [0.29, 0.717) is 24.3 Å². The van der Waals surface area contributed by atoms with Crippen LogP contribution in [-0.2, 0) is 0 Å². The average molecular weight is 383 g/mol. The Morgan fingerprint density at radius 2 is 1.57 bits per heavy atom. The van der Waals surface area contributed by atoms with Crippen molar-refractivity contribution in [3.63, 3.8) is 0 Å². The second-order valence-corrected chi connectivity index (χ2v) is 6.88. The van der Waals surface area contributed by atoms with E-state index >= 15 is 0 Å². The molecule has 1 amide bonds. The van der Waals surface area contributed by atoms with Gasteiger partial charge in [0.15, 0.2) is 0 Å². The lowest BCUT2D eigenvalue weighted by molar-refractivity contribution is 0.0827. The molecule has 0 saturated heterocycles. The number of nitrogen functional groups attached to an aromatic ring is 1. The number of rotatable bonds is 10. The van der Waals surface area contributed by atoms with E-state index in [9.17, 15) is 4.79 Å². The molecule has 28 heavy (non-hydrogen) atoms. The molecule has 150 valence electrons. The molecular weight excluding hydrogens is 354 g/mol. The van der Waals surface area contributed by atoms with Crippen molar-refractivity contribution in [1.82, 2.24) is 4.90 Å². The van der Waals surface area contributed by atoms with Crippen molar-refractivity contribution in [2.45, 2.75) is 26.2 Å². The molecule has 2 aromatic carbocycles. The molecule has 0 aliphatic carbocycles. The third kappa shape index (κ3) is 6.30. The quantitative estimate of drug-likeness (QED) is 0.373. The number of nitrogens with one attached hydrogen (secondary N) is 1. The van der Waals surface area contributed by atoms with E-state index in [1.54, 1.807) is 37.2 Å². The van der Waals surface area contributed by atoms with E-state index in [4.69, 9.17) is 20.6 Å². The Morgan fingerprint density at radius 1 is 0.964 bits per heavy atom. The summed E-state index contributed by atoms with van der Waals surface area (Å²) in [5.74, 6) is 1.65. The van der Waals surface area contributed by atoms with Crippen molar-refractivity contribution in [1.29, 1.82) is 5.41 Å². The molecule has 0 heterocycles. The molecule has 0 aromatic heterocycles. The molecule has 2 aromatic rings. The summed E-state index contributed by atoms with van der Waals surface area (Å²) in [5, 5.41) is 7.37. The van der Waals surface area contributed by atoms with E-state index in [-0.39, 0.29) is 11.7 Å². The molecule has 0 radical (unpaired) electrons. The topological polar surface area (TPSA) is 88.6 Å². The third-order valence-corrected chi connectivity index (χ3v) is 4.31. The van der Waals surface area contributed by atoms with Gasteiger partial charge in [-0.25, -0.2) is 0 Å². The lowest BCUT2D eigenvalue weighted by atomic mass is 10.1. The average Bonchev–Trinajstić information content (AvgIpc) is 2.67. The van der Waals surface area contributed by atoms with Crippen molar-refractivity contribution in [2.75, 3.05) is 27.3 Å². The minimum absolute atomic E-state index is 0.00872. The van der Waals surface area contributed by atoms with Gasteiger partial charge in [-0.2, -0.15) is 0 Å². The van der Waals surface area contributed by atoms with Crippen LogP contribution in [-0.4, -0.2) is 44.0 Å². The van der Waals surface area contributed by atoms with Crippen LogP contribution in [0, 0.1) is 12.3 Å². The molecule has 0 unspecified atom stereocenters. The monoisotopic (exact) mass is 383 g/mol. The first-order valence-electron chi connectivity index (χ1n) is 9.41. The fourth-order valence-electron chi connectivity index (χ4n) is 2.69. The number of amides is 1. The number of nitrogens with zero attached hydrogens (tertiary/aromatic N) is 1. The third-order valence-electron chi connectivity index (χ3n) is 4.31. The minimum Gasteiger partial charge on any atom is -0.494 e. The number of amidine groups is 1. The number of nitrogens with two attached hydrogens (primary N) is 1. The van der Waals surface area contributed by atoms with Crippen molar-refractivity contribution >= 4 is 11.7 Å². The maximum atomic E-state index is 12.0. The molecule has 0 aliphatic heterocycles. The van der Waals surface area contributed by atoms with Gasteiger partial charge in [0, 0.05) is 25.2 Å². The second kappa shape index (κ2) is 10.3. The summed E-state index contributed by atoms with van der Waals surface area (Å²) < 4.78 is 11.5. The molecule has 0 saturated carbocycles. The van der Waals surface area contributed by atoms with Gasteiger partial charge in [0.05, 0.1) is 13.2 Å². The predicted molar refractivity (Wildman–Crippen MR) is 111 cm³/mol. The summed E-state index contributed by atoms with van der Waals surface area (Å²) in [6, 6.07) is 12.7. The first-order chi connectivity index (χ1) is 13.4. The fourth-order valence-corrected chi connectivity index (χ4v) is 2.69. The summed E-state index contributed by atoms with van der Waals surface area (Å²) in [6.07, 6.45) is 2.87. The lowest BCUT2D eigenvalue weighted by Gasteiger charge is -2.13. The highest BCUT2D eigenvalue weighted by molar-refractivity contribution is 5.95. The Kier molecular flexibility index (Phi) is 7.87. The van der Waals surface area contributed by atoms with Gasteiger partial charge in [0.1, 0.15) is 17.3 Å². The maximum absolute atomic E-state index is 12.0. The highest BCUT2D eigenvalue weighted by atomic mass is 16.5. The summed E-state index contributed by atoms with van der Waals surface area (Å²) in [5.41, 5.74) is 7.76. The number of carbonyl (C=O) groups is 1. The molecule has 6 heteroatoms. The van der Waals surface area contributed by atoms with Gasteiger partial charge in [-0.3, -0.25) is 10.2 Å². The number of unbranched alkanes of at least 4 members (excludes halogenated alkanes) is 2. The summed E-state index contributed by atoms with van der Waals surface area (Å²) in [6.45, 7) is 3.22. The number of aryl methyl sites for hydroxylation is 1. The van der Waals surface area contributed by atoms with E-state index in [1.165, 1.54) is 0 Å². The molecule has 0 fully saturated rings. The first-order valence-corrected chi connectivity index (χ1v) is 9.41. The van der Waals surface area contributed by atoms with Crippen molar-refractivity contribution in [3.8, 4) is 11.5 Å². The Morgan fingerprint density at radius 3 is 2.14 bits per heavy atom. The highest BCUT2D eigenvalue weighted by Crippen LogP contribution is 2.20. The Labute approximate surface area is 166 Å². The number of hydrogen-bond donors (Lipinski definition) is 2.